The fraction of sp³-hybridized carbons (Fsp3) is 0.556. The van der Waals surface area contributed by atoms with E-state index < -0.39 is 11.7 Å². The quantitative estimate of drug-likeness (QED) is 0.777. The van der Waals surface area contributed by atoms with Crippen LogP contribution in [0.1, 0.15) is 42.1 Å². The molecule has 0 saturated carbocycles. The van der Waals surface area contributed by atoms with Gasteiger partial charge in [0.2, 0.25) is 5.91 Å². The van der Waals surface area contributed by atoms with Crippen molar-refractivity contribution < 1.29 is 22.8 Å². The van der Waals surface area contributed by atoms with Crippen LogP contribution in [-0.2, 0) is 11.0 Å². The number of benzene rings is 1. The number of alkyl halides is 3. The molecule has 2 aliphatic heterocycles. The largest absolute Gasteiger partial charge is 0.416 e. The molecule has 0 N–H and O–H groups in total. The number of piperidine rings is 1. The zero-order valence-electron chi connectivity index (χ0n) is 14.1. The first kappa shape index (κ1) is 17.8. The van der Waals surface area contributed by atoms with Crippen LogP contribution >= 0.6 is 0 Å². The van der Waals surface area contributed by atoms with Gasteiger partial charge in [0.15, 0.2) is 0 Å². The standard InChI is InChI=1S/C18H21F3N2O2/c1-13(24)23-11-8-17(12-23)6-9-22(10-7-17)16(25)14-2-4-15(5-3-14)18(19,20)21/h2-5H,6-12H2,1H3. The first-order valence-electron chi connectivity index (χ1n) is 8.42. The van der Waals surface area contributed by atoms with E-state index in [0.29, 0.717) is 13.1 Å². The number of hydrogen-bond donors (Lipinski definition) is 0. The van der Waals surface area contributed by atoms with Gasteiger partial charge in [-0.15, -0.1) is 0 Å². The lowest BCUT2D eigenvalue weighted by molar-refractivity contribution is -0.137. The third kappa shape index (κ3) is 3.65. The second-order valence-electron chi connectivity index (χ2n) is 7.06. The maximum atomic E-state index is 12.6. The van der Waals surface area contributed by atoms with Gasteiger partial charge in [0.25, 0.3) is 5.91 Å². The topological polar surface area (TPSA) is 40.6 Å². The highest BCUT2D eigenvalue weighted by Crippen LogP contribution is 2.40. The van der Waals surface area contributed by atoms with Crippen molar-refractivity contribution in [1.82, 2.24) is 9.80 Å². The van der Waals surface area contributed by atoms with E-state index in [1.54, 1.807) is 11.8 Å². The molecule has 0 aromatic heterocycles. The second-order valence-corrected chi connectivity index (χ2v) is 7.06. The number of carbonyl (C=O) groups is 2. The molecule has 136 valence electrons. The van der Waals surface area contributed by atoms with E-state index in [2.05, 4.69) is 0 Å². The summed E-state index contributed by atoms with van der Waals surface area (Å²) >= 11 is 0. The zero-order valence-corrected chi connectivity index (χ0v) is 14.1. The average Bonchev–Trinajstić information content (AvgIpc) is 2.98. The minimum atomic E-state index is -4.40. The van der Waals surface area contributed by atoms with Gasteiger partial charge in [-0.2, -0.15) is 13.2 Å². The predicted octanol–water partition coefficient (Wildman–Crippen LogP) is 3.18. The van der Waals surface area contributed by atoms with Crippen molar-refractivity contribution in [2.45, 2.75) is 32.4 Å². The van der Waals surface area contributed by atoms with E-state index in [4.69, 9.17) is 0 Å². The van der Waals surface area contributed by atoms with Gasteiger partial charge in [0, 0.05) is 38.7 Å². The first-order chi connectivity index (χ1) is 11.7. The van der Waals surface area contributed by atoms with Crippen LogP contribution in [-0.4, -0.2) is 47.8 Å². The van der Waals surface area contributed by atoms with Crippen LogP contribution in [0, 0.1) is 5.41 Å². The first-order valence-corrected chi connectivity index (χ1v) is 8.42. The molecule has 1 aromatic carbocycles. The summed E-state index contributed by atoms with van der Waals surface area (Å²) < 4.78 is 37.8. The lowest BCUT2D eigenvalue weighted by Gasteiger charge is -2.39. The fourth-order valence-electron chi connectivity index (χ4n) is 3.78. The minimum Gasteiger partial charge on any atom is -0.342 e. The summed E-state index contributed by atoms with van der Waals surface area (Å²) in [6.07, 6.45) is -1.80. The van der Waals surface area contributed by atoms with Gasteiger partial charge in [-0.3, -0.25) is 9.59 Å². The second kappa shape index (κ2) is 6.35. The molecule has 0 bridgehead atoms. The molecule has 0 unspecified atom stereocenters. The summed E-state index contributed by atoms with van der Waals surface area (Å²) in [6, 6.07) is 4.37. The summed E-state index contributed by atoms with van der Waals surface area (Å²) in [5.41, 5.74) is -0.388. The summed E-state index contributed by atoms with van der Waals surface area (Å²) in [6.45, 7) is 4.23. The minimum absolute atomic E-state index is 0.0835. The summed E-state index contributed by atoms with van der Waals surface area (Å²) in [5, 5.41) is 0. The lowest BCUT2D eigenvalue weighted by atomic mass is 9.77. The Bertz CT molecular complexity index is 662. The maximum Gasteiger partial charge on any atom is 0.416 e. The van der Waals surface area contributed by atoms with Gasteiger partial charge in [-0.05, 0) is 48.9 Å². The Balaban J connectivity index is 1.61. The Morgan fingerprint density at radius 2 is 1.48 bits per heavy atom. The highest BCUT2D eigenvalue weighted by molar-refractivity contribution is 5.94. The SMILES string of the molecule is CC(=O)N1CCC2(CCN(C(=O)c3ccc(C(F)(F)F)cc3)CC2)C1. The smallest absolute Gasteiger partial charge is 0.342 e. The summed E-state index contributed by atoms with van der Waals surface area (Å²) in [7, 11) is 0. The van der Waals surface area contributed by atoms with E-state index in [0.717, 1.165) is 44.5 Å². The molecule has 2 heterocycles. The van der Waals surface area contributed by atoms with Crippen molar-refractivity contribution in [3.05, 3.63) is 35.4 Å². The zero-order chi connectivity index (χ0) is 18.2. The predicted molar refractivity (Wildman–Crippen MR) is 85.9 cm³/mol. The summed E-state index contributed by atoms with van der Waals surface area (Å²) in [4.78, 5) is 27.6. The Hall–Kier alpha value is -2.05. The van der Waals surface area contributed by atoms with Crippen molar-refractivity contribution in [1.29, 1.82) is 0 Å². The average molecular weight is 354 g/mol. The van der Waals surface area contributed by atoms with E-state index in [1.165, 1.54) is 12.1 Å². The third-order valence-corrected chi connectivity index (χ3v) is 5.45. The van der Waals surface area contributed by atoms with Gasteiger partial charge in [-0.25, -0.2) is 0 Å². The molecule has 1 spiro atoms. The highest BCUT2D eigenvalue weighted by Gasteiger charge is 2.42. The molecule has 7 heteroatoms. The number of carbonyl (C=O) groups excluding carboxylic acids is 2. The molecule has 2 aliphatic rings. The molecular weight excluding hydrogens is 333 g/mol. The monoisotopic (exact) mass is 354 g/mol. The molecule has 3 rings (SSSR count). The molecule has 2 fully saturated rings. The number of nitrogens with zero attached hydrogens (tertiary/aromatic N) is 2. The van der Waals surface area contributed by atoms with E-state index >= 15 is 0 Å². The lowest BCUT2D eigenvalue weighted by Crippen LogP contribution is -2.44. The Morgan fingerprint density at radius 1 is 0.960 bits per heavy atom. The number of amides is 2. The van der Waals surface area contributed by atoms with E-state index in [-0.39, 0.29) is 22.8 Å². The van der Waals surface area contributed by atoms with Crippen LogP contribution in [0.5, 0.6) is 0 Å². The van der Waals surface area contributed by atoms with Gasteiger partial charge >= 0.3 is 6.18 Å². The van der Waals surface area contributed by atoms with E-state index in [1.807, 2.05) is 4.90 Å². The van der Waals surface area contributed by atoms with Crippen LogP contribution < -0.4 is 0 Å². The van der Waals surface area contributed by atoms with Crippen molar-refractivity contribution in [2.75, 3.05) is 26.2 Å². The number of halogens is 3. The number of likely N-dealkylation sites (tertiary alicyclic amines) is 2. The van der Waals surface area contributed by atoms with Gasteiger partial charge < -0.3 is 9.80 Å². The van der Waals surface area contributed by atoms with Gasteiger partial charge in [0.05, 0.1) is 5.56 Å². The molecule has 0 aliphatic carbocycles. The van der Waals surface area contributed by atoms with Gasteiger partial charge in [0.1, 0.15) is 0 Å². The van der Waals surface area contributed by atoms with Crippen molar-refractivity contribution in [2.24, 2.45) is 5.41 Å². The van der Waals surface area contributed by atoms with Crippen LogP contribution in [0.25, 0.3) is 0 Å². The maximum absolute atomic E-state index is 12.6. The molecule has 0 atom stereocenters. The van der Waals surface area contributed by atoms with Crippen LogP contribution in [0.2, 0.25) is 0 Å². The van der Waals surface area contributed by atoms with Crippen LogP contribution in [0.15, 0.2) is 24.3 Å². The number of hydrogen-bond acceptors (Lipinski definition) is 2. The van der Waals surface area contributed by atoms with Crippen molar-refractivity contribution in [3.8, 4) is 0 Å². The normalized spacial score (nSPS) is 20.2. The highest BCUT2D eigenvalue weighted by atomic mass is 19.4. The summed E-state index contributed by atoms with van der Waals surface area (Å²) in [5.74, 6) is -0.148. The Labute approximate surface area is 144 Å². The van der Waals surface area contributed by atoms with Crippen molar-refractivity contribution >= 4 is 11.8 Å². The van der Waals surface area contributed by atoms with Crippen molar-refractivity contribution in [3.63, 3.8) is 0 Å². The molecular formula is C18H21F3N2O2. The number of rotatable bonds is 1. The molecule has 0 radical (unpaired) electrons. The third-order valence-electron chi connectivity index (χ3n) is 5.45. The molecule has 1 aromatic rings. The molecule has 25 heavy (non-hydrogen) atoms. The van der Waals surface area contributed by atoms with Crippen LogP contribution in [0.4, 0.5) is 13.2 Å². The Morgan fingerprint density at radius 3 is 1.92 bits per heavy atom. The molecule has 2 saturated heterocycles. The van der Waals surface area contributed by atoms with Crippen LogP contribution in [0.3, 0.4) is 0 Å². The van der Waals surface area contributed by atoms with E-state index in [9.17, 15) is 22.8 Å². The van der Waals surface area contributed by atoms with Gasteiger partial charge in [-0.1, -0.05) is 0 Å². The fourth-order valence-corrected chi connectivity index (χ4v) is 3.78. The Kier molecular flexibility index (Phi) is 4.51. The molecule has 4 nitrogen and oxygen atoms in total. The molecule has 2 amide bonds.